The van der Waals surface area contributed by atoms with Crippen LogP contribution >= 0.6 is 0 Å². The number of likely N-dealkylation sites (N-methyl/N-ethyl adjacent to an activating group) is 2. The average Bonchev–Trinajstić information content (AvgIpc) is 2.78. The second kappa shape index (κ2) is 6.75. The van der Waals surface area contributed by atoms with E-state index in [9.17, 15) is 0 Å². The molecule has 1 aliphatic rings. The molecule has 0 bridgehead atoms. The zero-order valence-electron chi connectivity index (χ0n) is 12.6. The first-order valence-corrected chi connectivity index (χ1v) is 7.47. The fourth-order valence-electron chi connectivity index (χ4n) is 3.40. The lowest BCUT2D eigenvalue weighted by molar-refractivity contribution is 0.0925. The summed E-state index contributed by atoms with van der Waals surface area (Å²) in [7, 11) is 4.54. The van der Waals surface area contributed by atoms with Gasteiger partial charge in [-0.25, -0.2) is 0 Å². The molecule has 0 spiro atoms. The van der Waals surface area contributed by atoms with Crippen LogP contribution in [0.15, 0.2) is 0 Å². The van der Waals surface area contributed by atoms with Crippen LogP contribution in [0.3, 0.4) is 0 Å². The van der Waals surface area contributed by atoms with Crippen LogP contribution in [-0.4, -0.2) is 37.1 Å². The van der Waals surface area contributed by atoms with Crippen molar-refractivity contribution < 1.29 is 0 Å². The Morgan fingerprint density at radius 3 is 2.18 bits per heavy atom. The summed E-state index contributed by atoms with van der Waals surface area (Å²) in [6.45, 7) is 8.03. The summed E-state index contributed by atoms with van der Waals surface area (Å²) in [6.07, 6.45) is 8.16. The Morgan fingerprint density at radius 1 is 1.18 bits per heavy atom. The van der Waals surface area contributed by atoms with Crippen LogP contribution in [-0.2, 0) is 0 Å². The van der Waals surface area contributed by atoms with E-state index >= 15 is 0 Å². The van der Waals surface area contributed by atoms with E-state index in [1.54, 1.807) is 0 Å². The molecule has 1 N–H and O–H groups in total. The number of nitrogens with one attached hydrogen (secondary N) is 1. The van der Waals surface area contributed by atoms with Gasteiger partial charge in [-0.2, -0.15) is 0 Å². The van der Waals surface area contributed by atoms with E-state index in [1.165, 1.54) is 38.5 Å². The van der Waals surface area contributed by atoms with Crippen LogP contribution < -0.4 is 5.32 Å². The first-order valence-electron chi connectivity index (χ1n) is 7.47. The highest BCUT2D eigenvalue weighted by Gasteiger charge is 2.42. The minimum absolute atomic E-state index is 0.416. The minimum atomic E-state index is 0.416. The van der Waals surface area contributed by atoms with Gasteiger partial charge in [-0.3, -0.25) is 0 Å². The molecule has 2 unspecified atom stereocenters. The molecule has 17 heavy (non-hydrogen) atoms. The molecule has 0 radical (unpaired) electrons. The van der Waals surface area contributed by atoms with Gasteiger partial charge in [-0.05, 0) is 45.8 Å². The van der Waals surface area contributed by atoms with E-state index in [0.29, 0.717) is 11.6 Å². The highest BCUT2D eigenvalue weighted by molar-refractivity contribution is 5.02. The van der Waals surface area contributed by atoms with Crippen molar-refractivity contribution in [1.29, 1.82) is 0 Å². The number of hydrogen-bond acceptors (Lipinski definition) is 2. The number of rotatable bonds is 7. The Balaban J connectivity index is 2.77. The first-order chi connectivity index (χ1) is 8.06. The summed E-state index contributed by atoms with van der Waals surface area (Å²) >= 11 is 0. The van der Waals surface area contributed by atoms with Crippen LogP contribution in [0, 0.1) is 5.92 Å². The largest absolute Gasteiger partial charge is 0.312 e. The zero-order valence-corrected chi connectivity index (χ0v) is 12.6. The molecule has 0 aliphatic heterocycles. The van der Waals surface area contributed by atoms with Crippen molar-refractivity contribution in [3.05, 3.63) is 0 Å². The molecular formula is C15H32N2. The molecule has 0 amide bonds. The van der Waals surface area contributed by atoms with E-state index in [1.807, 2.05) is 0 Å². The third kappa shape index (κ3) is 3.45. The topological polar surface area (TPSA) is 15.3 Å². The third-order valence-electron chi connectivity index (χ3n) is 4.79. The first kappa shape index (κ1) is 15.0. The van der Waals surface area contributed by atoms with Crippen LogP contribution in [0.25, 0.3) is 0 Å². The van der Waals surface area contributed by atoms with Gasteiger partial charge >= 0.3 is 0 Å². The Hall–Kier alpha value is -0.0800. The normalized spacial score (nSPS) is 22.9. The van der Waals surface area contributed by atoms with Gasteiger partial charge in [0.05, 0.1) is 0 Å². The Kier molecular flexibility index (Phi) is 5.94. The molecule has 2 heteroatoms. The molecule has 1 aliphatic carbocycles. The molecule has 1 rings (SSSR count). The molecule has 0 saturated heterocycles. The quantitative estimate of drug-likeness (QED) is 0.735. The van der Waals surface area contributed by atoms with Crippen LogP contribution in [0.4, 0.5) is 0 Å². The molecule has 0 heterocycles. The van der Waals surface area contributed by atoms with Gasteiger partial charge in [0.25, 0.3) is 0 Å². The van der Waals surface area contributed by atoms with E-state index in [0.717, 1.165) is 12.5 Å². The maximum absolute atomic E-state index is 3.77. The third-order valence-corrected chi connectivity index (χ3v) is 4.79. The minimum Gasteiger partial charge on any atom is -0.312 e. The molecule has 102 valence electrons. The van der Waals surface area contributed by atoms with E-state index < -0.39 is 0 Å². The second-order valence-corrected chi connectivity index (χ2v) is 6.06. The van der Waals surface area contributed by atoms with Gasteiger partial charge in [0.2, 0.25) is 0 Å². The maximum Gasteiger partial charge on any atom is 0.0356 e. The smallest absolute Gasteiger partial charge is 0.0356 e. The highest BCUT2D eigenvalue weighted by atomic mass is 15.2. The summed E-state index contributed by atoms with van der Waals surface area (Å²) in [5.41, 5.74) is 0.416. The number of nitrogens with zero attached hydrogens (tertiary/aromatic N) is 1. The molecule has 1 fully saturated rings. The molecule has 2 nitrogen and oxygen atoms in total. The molecular weight excluding hydrogens is 208 g/mol. The Morgan fingerprint density at radius 2 is 1.76 bits per heavy atom. The van der Waals surface area contributed by atoms with Crippen molar-refractivity contribution >= 4 is 0 Å². The Labute approximate surface area is 108 Å². The summed E-state index contributed by atoms with van der Waals surface area (Å²) in [5, 5.41) is 3.77. The summed E-state index contributed by atoms with van der Waals surface area (Å²) in [5.74, 6) is 0.830. The van der Waals surface area contributed by atoms with Crippen LogP contribution in [0.2, 0.25) is 0 Å². The predicted molar refractivity (Wildman–Crippen MR) is 76.4 cm³/mol. The molecule has 0 aromatic heterocycles. The van der Waals surface area contributed by atoms with Gasteiger partial charge in [0, 0.05) is 11.6 Å². The van der Waals surface area contributed by atoms with E-state index in [2.05, 4.69) is 45.1 Å². The monoisotopic (exact) mass is 240 g/mol. The number of hydrogen-bond donors (Lipinski definition) is 1. The average molecular weight is 240 g/mol. The van der Waals surface area contributed by atoms with Crippen molar-refractivity contribution in [1.82, 2.24) is 10.2 Å². The van der Waals surface area contributed by atoms with E-state index in [-0.39, 0.29) is 0 Å². The molecule has 1 saturated carbocycles. The van der Waals surface area contributed by atoms with Crippen LogP contribution in [0.1, 0.15) is 59.3 Å². The predicted octanol–water partition coefficient (Wildman–Crippen LogP) is 3.28. The summed E-state index contributed by atoms with van der Waals surface area (Å²) in [4.78, 5) is 2.50. The van der Waals surface area contributed by atoms with Gasteiger partial charge in [0.15, 0.2) is 0 Å². The molecule has 0 aromatic rings. The SMILES string of the molecule is CCNC(CC(C)CC)C1(N(C)C)CCCC1. The van der Waals surface area contributed by atoms with Gasteiger partial charge in [-0.15, -0.1) is 0 Å². The lowest BCUT2D eigenvalue weighted by Crippen LogP contribution is -2.58. The van der Waals surface area contributed by atoms with Crippen LogP contribution in [0.5, 0.6) is 0 Å². The van der Waals surface area contributed by atoms with E-state index in [4.69, 9.17) is 0 Å². The zero-order chi connectivity index (χ0) is 12.9. The fourth-order valence-corrected chi connectivity index (χ4v) is 3.40. The van der Waals surface area contributed by atoms with Crippen molar-refractivity contribution in [2.24, 2.45) is 5.92 Å². The molecule has 0 aromatic carbocycles. The van der Waals surface area contributed by atoms with Crippen molar-refractivity contribution in [2.45, 2.75) is 70.9 Å². The second-order valence-electron chi connectivity index (χ2n) is 6.06. The maximum atomic E-state index is 3.77. The van der Waals surface area contributed by atoms with Gasteiger partial charge in [0.1, 0.15) is 0 Å². The highest BCUT2D eigenvalue weighted by Crippen LogP contribution is 2.38. The standard InChI is InChI=1S/C15H32N2/c1-6-13(3)12-14(16-7-2)15(17(4)5)10-8-9-11-15/h13-14,16H,6-12H2,1-5H3. The fraction of sp³-hybridized carbons (Fsp3) is 1.00. The van der Waals surface area contributed by atoms with Gasteiger partial charge < -0.3 is 10.2 Å². The Bertz CT molecular complexity index is 207. The summed E-state index contributed by atoms with van der Waals surface area (Å²) in [6, 6.07) is 0.667. The lowest BCUT2D eigenvalue weighted by atomic mass is 9.81. The van der Waals surface area contributed by atoms with Gasteiger partial charge in [-0.1, -0.05) is 40.0 Å². The van der Waals surface area contributed by atoms with Crippen molar-refractivity contribution in [3.63, 3.8) is 0 Å². The van der Waals surface area contributed by atoms with Crippen molar-refractivity contribution in [2.75, 3.05) is 20.6 Å². The molecule has 2 atom stereocenters. The van der Waals surface area contributed by atoms with Crippen molar-refractivity contribution in [3.8, 4) is 0 Å². The lowest BCUT2D eigenvalue weighted by Gasteiger charge is -2.44. The summed E-state index contributed by atoms with van der Waals surface area (Å²) < 4.78 is 0.